The zero-order valence-electron chi connectivity index (χ0n) is 10.6. The van der Waals surface area contributed by atoms with E-state index in [9.17, 15) is 0 Å². The van der Waals surface area contributed by atoms with Crippen LogP contribution in [0.25, 0.3) is 10.2 Å². The van der Waals surface area contributed by atoms with E-state index < -0.39 is 0 Å². The lowest BCUT2D eigenvalue weighted by atomic mass is 10.2. The summed E-state index contributed by atoms with van der Waals surface area (Å²) in [6.07, 6.45) is 0. The number of nitrogens with zero attached hydrogens (tertiary/aromatic N) is 1. The average Bonchev–Trinajstić information content (AvgIpc) is 2.70. The summed E-state index contributed by atoms with van der Waals surface area (Å²) in [7, 11) is 0. The Morgan fingerprint density at radius 3 is 3.06 bits per heavy atom. The van der Waals surface area contributed by atoms with Crippen LogP contribution >= 0.6 is 22.9 Å². The number of aromatic nitrogens is 1. The third-order valence-electron chi connectivity index (χ3n) is 2.32. The number of rotatable bonds is 6. The Morgan fingerprint density at radius 1 is 1.44 bits per heavy atom. The molecule has 2 aromatic rings. The second-order valence-corrected chi connectivity index (χ2v) is 5.99. The van der Waals surface area contributed by atoms with Crippen molar-refractivity contribution in [2.24, 2.45) is 5.92 Å². The van der Waals surface area contributed by atoms with Gasteiger partial charge in [-0.15, -0.1) is 0 Å². The maximum absolute atomic E-state index is 5.93. The standard InChI is InChI=1S/C13H17ClN2OS/c1-9(2)8-17-6-5-15-13-16-11-7-10(14)3-4-12(11)18-13/h3-4,7,9H,5-6,8H2,1-2H3,(H,15,16). The Bertz CT molecular complexity index is 513. The minimum absolute atomic E-state index is 0.578. The van der Waals surface area contributed by atoms with E-state index in [0.29, 0.717) is 12.5 Å². The second kappa shape index (κ2) is 6.36. The molecule has 1 aromatic heterocycles. The summed E-state index contributed by atoms with van der Waals surface area (Å²) in [5.41, 5.74) is 0.943. The Kier molecular flexibility index (Phi) is 4.80. The topological polar surface area (TPSA) is 34.1 Å². The number of fused-ring (bicyclic) bond motifs is 1. The number of nitrogens with one attached hydrogen (secondary N) is 1. The summed E-state index contributed by atoms with van der Waals surface area (Å²) in [5.74, 6) is 0.578. The van der Waals surface area contributed by atoms with Crippen LogP contribution in [0, 0.1) is 5.92 Å². The van der Waals surface area contributed by atoms with Crippen molar-refractivity contribution in [2.45, 2.75) is 13.8 Å². The minimum Gasteiger partial charge on any atom is -0.379 e. The van der Waals surface area contributed by atoms with Gasteiger partial charge in [-0.2, -0.15) is 0 Å². The normalized spacial score (nSPS) is 11.3. The lowest BCUT2D eigenvalue weighted by Crippen LogP contribution is -2.11. The number of thiazole rings is 1. The first-order valence-corrected chi connectivity index (χ1v) is 7.22. The van der Waals surface area contributed by atoms with Crippen LogP contribution < -0.4 is 5.32 Å². The summed E-state index contributed by atoms with van der Waals surface area (Å²) in [4.78, 5) is 4.47. The SMILES string of the molecule is CC(C)COCCNc1nc2cc(Cl)ccc2s1. The third kappa shape index (κ3) is 3.83. The number of hydrogen-bond acceptors (Lipinski definition) is 4. The number of ether oxygens (including phenoxy) is 1. The molecule has 0 bridgehead atoms. The fourth-order valence-electron chi connectivity index (χ4n) is 1.53. The molecule has 0 unspecified atom stereocenters. The molecule has 0 radical (unpaired) electrons. The van der Waals surface area contributed by atoms with E-state index in [0.717, 1.165) is 33.5 Å². The fraction of sp³-hybridized carbons (Fsp3) is 0.462. The zero-order valence-corrected chi connectivity index (χ0v) is 12.1. The Hall–Kier alpha value is -0.840. The van der Waals surface area contributed by atoms with Crippen molar-refractivity contribution >= 4 is 38.3 Å². The van der Waals surface area contributed by atoms with E-state index in [4.69, 9.17) is 16.3 Å². The van der Waals surface area contributed by atoms with Crippen molar-refractivity contribution in [2.75, 3.05) is 25.1 Å². The molecule has 0 spiro atoms. The Morgan fingerprint density at radius 2 is 2.28 bits per heavy atom. The molecule has 0 saturated heterocycles. The van der Waals surface area contributed by atoms with Crippen LogP contribution in [0.15, 0.2) is 18.2 Å². The number of halogens is 1. The summed E-state index contributed by atoms with van der Waals surface area (Å²) in [6.45, 7) is 6.57. The fourth-order valence-corrected chi connectivity index (χ4v) is 2.56. The van der Waals surface area contributed by atoms with Crippen molar-refractivity contribution in [3.8, 4) is 0 Å². The maximum atomic E-state index is 5.93. The highest BCUT2D eigenvalue weighted by molar-refractivity contribution is 7.22. The first kappa shape index (κ1) is 13.6. The molecule has 0 aliphatic carbocycles. The Labute approximate surface area is 116 Å². The van der Waals surface area contributed by atoms with Crippen molar-refractivity contribution in [1.29, 1.82) is 0 Å². The first-order valence-electron chi connectivity index (χ1n) is 6.03. The van der Waals surface area contributed by atoms with Crippen molar-refractivity contribution in [3.63, 3.8) is 0 Å². The van der Waals surface area contributed by atoms with Crippen molar-refractivity contribution in [3.05, 3.63) is 23.2 Å². The van der Waals surface area contributed by atoms with Gasteiger partial charge in [-0.05, 0) is 24.1 Å². The molecule has 0 fully saturated rings. The quantitative estimate of drug-likeness (QED) is 0.813. The summed E-state index contributed by atoms with van der Waals surface area (Å²) in [5, 5.41) is 4.91. The number of benzene rings is 1. The molecule has 0 atom stereocenters. The molecule has 1 N–H and O–H groups in total. The van der Waals surface area contributed by atoms with E-state index in [-0.39, 0.29) is 0 Å². The molecule has 1 heterocycles. The highest BCUT2D eigenvalue weighted by Crippen LogP contribution is 2.27. The first-order chi connectivity index (χ1) is 8.65. The van der Waals surface area contributed by atoms with Crippen molar-refractivity contribution < 1.29 is 4.74 Å². The molecule has 0 aliphatic rings. The number of hydrogen-bond donors (Lipinski definition) is 1. The van der Waals surface area contributed by atoms with E-state index in [1.54, 1.807) is 11.3 Å². The lowest BCUT2D eigenvalue weighted by Gasteiger charge is -2.06. The largest absolute Gasteiger partial charge is 0.379 e. The minimum atomic E-state index is 0.578. The van der Waals surface area contributed by atoms with Crippen LogP contribution in [-0.2, 0) is 4.74 Å². The predicted octanol–water partition coefficient (Wildman–Crippen LogP) is 4.03. The van der Waals surface area contributed by atoms with Gasteiger partial charge in [0, 0.05) is 18.2 Å². The summed E-state index contributed by atoms with van der Waals surface area (Å²) >= 11 is 7.56. The van der Waals surface area contributed by atoms with Gasteiger partial charge in [-0.25, -0.2) is 4.98 Å². The van der Waals surface area contributed by atoms with Gasteiger partial charge in [0.1, 0.15) is 0 Å². The summed E-state index contributed by atoms with van der Waals surface area (Å²) < 4.78 is 6.65. The van der Waals surface area contributed by atoms with Gasteiger partial charge in [-0.3, -0.25) is 0 Å². The molecule has 2 rings (SSSR count). The molecule has 98 valence electrons. The van der Waals surface area contributed by atoms with Gasteiger partial charge >= 0.3 is 0 Å². The van der Waals surface area contributed by atoms with Gasteiger partial charge in [-0.1, -0.05) is 36.8 Å². The van der Waals surface area contributed by atoms with Gasteiger partial charge in [0.2, 0.25) is 0 Å². The highest BCUT2D eigenvalue weighted by Gasteiger charge is 2.03. The van der Waals surface area contributed by atoms with Gasteiger partial charge in [0.05, 0.1) is 16.8 Å². The molecule has 5 heteroatoms. The van der Waals surface area contributed by atoms with Crippen LogP contribution in [0.3, 0.4) is 0 Å². The van der Waals surface area contributed by atoms with E-state index in [1.165, 1.54) is 0 Å². The molecule has 18 heavy (non-hydrogen) atoms. The highest BCUT2D eigenvalue weighted by atomic mass is 35.5. The van der Waals surface area contributed by atoms with Crippen LogP contribution in [-0.4, -0.2) is 24.7 Å². The van der Waals surface area contributed by atoms with E-state index in [1.807, 2.05) is 18.2 Å². The molecular weight excluding hydrogens is 268 g/mol. The lowest BCUT2D eigenvalue weighted by molar-refractivity contribution is 0.118. The van der Waals surface area contributed by atoms with Crippen molar-refractivity contribution in [1.82, 2.24) is 4.98 Å². The maximum Gasteiger partial charge on any atom is 0.183 e. The van der Waals surface area contributed by atoms with Gasteiger partial charge in [0.15, 0.2) is 5.13 Å². The predicted molar refractivity (Wildman–Crippen MR) is 78.8 cm³/mol. The van der Waals surface area contributed by atoms with E-state index >= 15 is 0 Å². The Balaban J connectivity index is 1.84. The zero-order chi connectivity index (χ0) is 13.0. The van der Waals surface area contributed by atoms with Crippen LogP contribution in [0.5, 0.6) is 0 Å². The molecule has 0 amide bonds. The van der Waals surface area contributed by atoms with Gasteiger partial charge in [0.25, 0.3) is 0 Å². The van der Waals surface area contributed by atoms with E-state index in [2.05, 4.69) is 24.1 Å². The molecular formula is C13H17ClN2OS. The summed E-state index contributed by atoms with van der Waals surface area (Å²) in [6, 6.07) is 5.77. The molecule has 0 saturated carbocycles. The monoisotopic (exact) mass is 284 g/mol. The molecule has 0 aliphatic heterocycles. The van der Waals surface area contributed by atoms with Crippen LogP contribution in [0.1, 0.15) is 13.8 Å². The average molecular weight is 285 g/mol. The molecule has 1 aromatic carbocycles. The number of anilines is 1. The molecule has 3 nitrogen and oxygen atoms in total. The second-order valence-electron chi connectivity index (χ2n) is 4.53. The smallest absolute Gasteiger partial charge is 0.183 e. The third-order valence-corrected chi connectivity index (χ3v) is 3.55. The van der Waals surface area contributed by atoms with Gasteiger partial charge < -0.3 is 10.1 Å². The van der Waals surface area contributed by atoms with Crippen LogP contribution in [0.4, 0.5) is 5.13 Å². The van der Waals surface area contributed by atoms with Crippen LogP contribution in [0.2, 0.25) is 5.02 Å².